The van der Waals surface area contributed by atoms with Crippen LogP contribution in [0.5, 0.6) is 0 Å². The van der Waals surface area contributed by atoms with E-state index in [4.69, 9.17) is 4.42 Å². The van der Waals surface area contributed by atoms with Crippen molar-refractivity contribution in [3.05, 3.63) is 236 Å². The molecule has 9 aromatic carbocycles. The normalized spacial score (nSPS) is 11.9. The van der Waals surface area contributed by atoms with Gasteiger partial charge in [-0.15, -0.1) is 0 Å². The number of para-hydroxylation sites is 2. The van der Waals surface area contributed by atoms with E-state index in [2.05, 4.69) is 244 Å². The minimum absolute atomic E-state index is 0.0608. The second-order valence-electron chi connectivity index (χ2n) is 16.9. The first-order valence-electron chi connectivity index (χ1n) is 21.2. The molecule has 0 amide bonds. The largest absolute Gasteiger partial charge is 0.455 e. The standard InChI is InChI=1S/C58H47NOSi/c1-58(2,3)45-32-38-48(39-33-45)59(47-36-28-44(29-37-47)53-23-15-24-55-54-22-13-14-25-56(54)60-57(53)55)46-34-26-42(27-35-46)43-30-40-52(41-31-43)61(49-16-7-4-8-17-49,50-18-9-5-10-19-50)51-20-11-6-12-21-51/h4-41H,1-3H3. The molecule has 0 unspecified atom stereocenters. The monoisotopic (exact) mass is 801 g/mol. The van der Waals surface area contributed by atoms with Crippen molar-refractivity contribution in [1.29, 1.82) is 0 Å². The highest BCUT2D eigenvalue weighted by atomic mass is 28.3. The Hall–Kier alpha value is -7.20. The van der Waals surface area contributed by atoms with Crippen LogP contribution in [0.2, 0.25) is 0 Å². The van der Waals surface area contributed by atoms with Gasteiger partial charge in [0.2, 0.25) is 0 Å². The zero-order chi connectivity index (χ0) is 41.4. The van der Waals surface area contributed by atoms with Gasteiger partial charge < -0.3 is 9.32 Å². The molecule has 10 aromatic rings. The molecule has 1 aromatic heterocycles. The molecule has 10 rings (SSSR count). The Bertz CT molecular complexity index is 2960. The molecule has 3 heteroatoms. The quantitative estimate of drug-likeness (QED) is 0.107. The predicted octanol–water partition coefficient (Wildman–Crippen LogP) is 13.1. The van der Waals surface area contributed by atoms with Crippen LogP contribution < -0.4 is 25.6 Å². The minimum atomic E-state index is -2.60. The molecule has 0 fully saturated rings. The first-order chi connectivity index (χ1) is 29.9. The Morgan fingerprint density at radius 1 is 0.361 bits per heavy atom. The van der Waals surface area contributed by atoms with Crippen molar-refractivity contribution < 1.29 is 4.42 Å². The van der Waals surface area contributed by atoms with Gasteiger partial charge in [-0.1, -0.05) is 209 Å². The van der Waals surface area contributed by atoms with Crippen LogP contribution in [-0.2, 0) is 5.41 Å². The molecular formula is C58H47NOSi. The summed E-state index contributed by atoms with van der Waals surface area (Å²) >= 11 is 0. The maximum atomic E-state index is 6.42. The van der Waals surface area contributed by atoms with E-state index < -0.39 is 8.07 Å². The molecule has 0 N–H and O–H groups in total. The lowest BCUT2D eigenvalue weighted by molar-refractivity contribution is 0.590. The summed E-state index contributed by atoms with van der Waals surface area (Å²) < 4.78 is 6.42. The number of rotatable bonds is 9. The number of fused-ring (bicyclic) bond motifs is 3. The fourth-order valence-corrected chi connectivity index (χ4v) is 13.8. The lowest BCUT2D eigenvalue weighted by Gasteiger charge is -2.34. The van der Waals surface area contributed by atoms with Crippen molar-refractivity contribution in [2.45, 2.75) is 26.2 Å². The lowest BCUT2D eigenvalue weighted by Crippen LogP contribution is -2.74. The van der Waals surface area contributed by atoms with E-state index in [9.17, 15) is 0 Å². The highest BCUT2D eigenvalue weighted by Gasteiger charge is 2.41. The number of hydrogen-bond donors (Lipinski definition) is 0. The zero-order valence-corrected chi connectivity index (χ0v) is 35.8. The smallest absolute Gasteiger partial charge is 0.179 e. The van der Waals surface area contributed by atoms with E-state index in [1.54, 1.807) is 0 Å². The van der Waals surface area contributed by atoms with Gasteiger partial charge in [-0.25, -0.2) is 0 Å². The van der Waals surface area contributed by atoms with Crippen molar-refractivity contribution in [2.24, 2.45) is 0 Å². The molecule has 0 bridgehead atoms. The number of hydrogen-bond acceptors (Lipinski definition) is 2. The number of benzene rings is 9. The first kappa shape index (κ1) is 38.0. The molecule has 0 saturated heterocycles. The van der Waals surface area contributed by atoms with Crippen LogP contribution >= 0.6 is 0 Å². The number of furan rings is 1. The van der Waals surface area contributed by atoms with E-state index in [-0.39, 0.29) is 5.41 Å². The summed E-state index contributed by atoms with van der Waals surface area (Å²) in [6.07, 6.45) is 0. The summed E-state index contributed by atoms with van der Waals surface area (Å²) in [5, 5.41) is 7.76. The van der Waals surface area contributed by atoms with Crippen LogP contribution in [0.4, 0.5) is 17.1 Å². The summed E-state index contributed by atoms with van der Waals surface area (Å²) in [5.74, 6) is 0. The maximum absolute atomic E-state index is 6.42. The molecule has 61 heavy (non-hydrogen) atoms. The SMILES string of the molecule is CC(C)(C)c1ccc(N(c2ccc(-c3ccc([Si](c4ccccc4)(c4ccccc4)c4ccccc4)cc3)cc2)c2ccc(-c3cccc4c3oc3ccccc34)cc2)cc1. The van der Waals surface area contributed by atoms with Gasteiger partial charge in [0.15, 0.2) is 8.07 Å². The maximum Gasteiger partial charge on any atom is 0.179 e. The Balaban J connectivity index is 1.02. The van der Waals surface area contributed by atoms with E-state index in [0.29, 0.717) is 0 Å². The first-order valence-corrected chi connectivity index (χ1v) is 23.2. The predicted molar refractivity (Wildman–Crippen MR) is 262 cm³/mol. The summed E-state index contributed by atoms with van der Waals surface area (Å²) in [4.78, 5) is 2.35. The Labute approximate surface area is 360 Å². The van der Waals surface area contributed by atoms with Crippen LogP contribution in [0.3, 0.4) is 0 Å². The Morgan fingerprint density at radius 2 is 0.770 bits per heavy atom. The molecule has 0 spiro atoms. The number of anilines is 3. The molecule has 294 valence electrons. The van der Waals surface area contributed by atoms with Gasteiger partial charge in [0.05, 0.1) is 0 Å². The molecule has 1 heterocycles. The molecule has 0 aliphatic heterocycles. The van der Waals surface area contributed by atoms with Gasteiger partial charge in [-0.05, 0) is 90.9 Å². The second-order valence-corrected chi connectivity index (χ2v) is 20.7. The highest BCUT2D eigenvalue weighted by molar-refractivity contribution is 7.19. The van der Waals surface area contributed by atoms with Crippen LogP contribution in [-0.4, -0.2) is 8.07 Å². The summed E-state index contributed by atoms with van der Waals surface area (Å²) in [6.45, 7) is 6.79. The highest BCUT2D eigenvalue weighted by Crippen LogP contribution is 2.40. The Morgan fingerprint density at radius 3 is 1.28 bits per heavy atom. The lowest BCUT2D eigenvalue weighted by atomic mass is 9.87. The fourth-order valence-electron chi connectivity index (χ4n) is 9.10. The number of nitrogens with zero attached hydrogens (tertiary/aromatic N) is 1. The summed E-state index contributed by atoms with van der Waals surface area (Å²) in [5.41, 5.74) is 11.1. The third kappa shape index (κ3) is 6.97. The zero-order valence-electron chi connectivity index (χ0n) is 34.8. The second kappa shape index (κ2) is 15.8. The van der Waals surface area contributed by atoms with Gasteiger partial charge in [-0.3, -0.25) is 0 Å². The molecule has 0 radical (unpaired) electrons. The topological polar surface area (TPSA) is 16.4 Å². The van der Waals surface area contributed by atoms with E-state index in [1.807, 2.05) is 12.1 Å². The van der Waals surface area contributed by atoms with E-state index >= 15 is 0 Å². The van der Waals surface area contributed by atoms with Gasteiger partial charge in [0, 0.05) is 33.4 Å². The fraction of sp³-hybridized carbons (Fsp3) is 0.0690. The molecule has 2 nitrogen and oxygen atoms in total. The molecule has 0 aliphatic carbocycles. The van der Waals surface area contributed by atoms with Gasteiger partial charge in [0.25, 0.3) is 0 Å². The van der Waals surface area contributed by atoms with Gasteiger partial charge in [-0.2, -0.15) is 0 Å². The van der Waals surface area contributed by atoms with Gasteiger partial charge >= 0.3 is 0 Å². The average molecular weight is 802 g/mol. The molecular weight excluding hydrogens is 755 g/mol. The molecule has 0 aliphatic rings. The summed E-state index contributed by atoms with van der Waals surface area (Å²) in [6, 6.07) is 84.3. The van der Waals surface area contributed by atoms with Crippen molar-refractivity contribution in [1.82, 2.24) is 0 Å². The third-order valence-electron chi connectivity index (χ3n) is 12.2. The van der Waals surface area contributed by atoms with Crippen LogP contribution in [0.1, 0.15) is 26.3 Å². The Kier molecular flexibility index (Phi) is 9.83. The third-order valence-corrected chi connectivity index (χ3v) is 17.0. The average Bonchev–Trinajstić information content (AvgIpc) is 3.70. The van der Waals surface area contributed by atoms with Crippen LogP contribution in [0.15, 0.2) is 235 Å². The van der Waals surface area contributed by atoms with Crippen LogP contribution in [0.25, 0.3) is 44.2 Å². The van der Waals surface area contributed by atoms with E-state index in [1.165, 1.54) is 37.4 Å². The van der Waals surface area contributed by atoms with Crippen molar-refractivity contribution >= 4 is 67.8 Å². The minimum Gasteiger partial charge on any atom is -0.455 e. The molecule has 0 saturated carbocycles. The van der Waals surface area contributed by atoms with Crippen LogP contribution in [0, 0.1) is 0 Å². The summed E-state index contributed by atoms with van der Waals surface area (Å²) in [7, 11) is -2.60. The van der Waals surface area contributed by atoms with Crippen molar-refractivity contribution in [2.75, 3.05) is 4.90 Å². The van der Waals surface area contributed by atoms with E-state index in [0.717, 1.165) is 50.1 Å². The molecule has 0 atom stereocenters. The van der Waals surface area contributed by atoms with Gasteiger partial charge in [0.1, 0.15) is 11.2 Å². The van der Waals surface area contributed by atoms with Crippen molar-refractivity contribution in [3.63, 3.8) is 0 Å². The van der Waals surface area contributed by atoms with Crippen molar-refractivity contribution in [3.8, 4) is 22.3 Å².